The number of aromatic nitrogens is 3. The van der Waals surface area contributed by atoms with Gasteiger partial charge in [0.15, 0.2) is 10.8 Å². The number of carboxylic acids is 1. The molecule has 0 aliphatic carbocycles. The van der Waals surface area contributed by atoms with E-state index >= 15 is 0 Å². The molecule has 0 radical (unpaired) electrons. The average molecular weight is 501 g/mol. The second-order valence-electron chi connectivity index (χ2n) is 7.35. The molecule has 1 aromatic carbocycles. The molecule has 2 aromatic heterocycles. The average Bonchev–Trinajstić information content (AvgIpc) is 3.18. The summed E-state index contributed by atoms with van der Waals surface area (Å²) in [6.45, 7) is 1.02. The normalized spacial score (nSPS) is 15.2. The number of benzene rings is 1. The summed E-state index contributed by atoms with van der Waals surface area (Å²) in [5, 5.41) is 9.33. The Morgan fingerprint density at radius 3 is 2.70 bits per heavy atom. The molecule has 0 spiro atoms. The quantitative estimate of drug-likeness (QED) is 0.505. The van der Waals surface area contributed by atoms with Gasteiger partial charge in [-0.25, -0.2) is 4.98 Å². The van der Waals surface area contributed by atoms with E-state index in [-0.39, 0.29) is 28.9 Å². The molecule has 1 aliphatic heterocycles. The number of ether oxygens (including phenoxy) is 1. The van der Waals surface area contributed by atoms with Gasteiger partial charge in [0.05, 0.1) is 17.1 Å². The lowest BCUT2D eigenvalue weighted by Crippen LogP contribution is -2.38. The number of hydrogen-bond acceptors (Lipinski definition) is 8. The number of nitrogens with one attached hydrogen (secondary N) is 1. The van der Waals surface area contributed by atoms with Crippen molar-refractivity contribution in [3.05, 3.63) is 46.0 Å². The van der Waals surface area contributed by atoms with E-state index in [4.69, 9.17) is 9.84 Å². The summed E-state index contributed by atoms with van der Waals surface area (Å²) in [5.74, 6) is -0.631. The van der Waals surface area contributed by atoms with Crippen LogP contribution in [0, 0.1) is 0 Å². The third-order valence-electron chi connectivity index (χ3n) is 4.97. The smallest absolute Gasteiger partial charge is 0.419 e. The molecular weight excluding hydrogens is 481 g/mol. The number of aromatic amines is 1. The van der Waals surface area contributed by atoms with Crippen molar-refractivity contribution >= 4 is 44.5 Å². The van der Waals surface area contributed by atoms with E-state index in [1.807, 2.05) is 4.90 Å². The van der Waals surface area contributed by atoms with Crippen molar-refractivity contribution in [1.29, 1.82) is 0 Å². The number of piperidine rings is 1. The summed E-state index contributed by atoms with van der Waals surface area (Å²) < 4.78 is 45.6. The van der Waals surface area contributed by atoms with Gasteiger partial charge in [0, 0.05) is 25.9 Å². The molecule has 3 heterocycles. The molecule has 1 aliphatic rings. The maximum atomic E-state index is 13.2. The molecule has 33 heavy (non-hydrogen) atoms. The third kappa shape index (κ3) is 5.58. The SMILES string of the molecule is O=C(O)CSCc1nc2nc(N3CCC(Oc4ccccc4C(F)(F)F)CC3)sc2c(=O)[nH]1. The Morgan fingerprint density at radius 2 is 2.00 bits per heavy atom. The van der Waals surface area contributed by atoms with Crippen molar-refractivity contribution in [2.45, 2.75) is 30.9 Å². The highest BCUT2D eigenvalue weighted by Gasteiger charge is 2.35. The van der Waals surface area contributed by atoms with Gasteiger partial charge < -0.3 is 19.7 Å². The van der Waals surface area contributed by atoms with Crippen LogP contribution in [0.1, 0.15) is 24.2 Å². The summed E-state index contributed by atoms with van der Waals surface area (Å²) in [7, 11) is 0. The molecule has 1 saturated heterocycles. The third-order valence-corrected chi connectivity index (χ3v) is 7.00. The monoisotopic (exact) mass is 500 g/mol. The molecule has 0 atom stereocenters. The van der Waals surface area contributed by atoms with Crippen LogP contribution in [0.25, 0.3) is 10.3 Å². The lowest BCUT2D eigenvalue weighted by molar-refractivity contribution is -0.139. The van der Waals surface area contributed by atoms with E-state index < -0.39 is 17.7 Å². The number of thiazole rings is 1. The van der Waals surface area contributed by atoms with Gasteiger partial charge in [0.1, 0.15) is 22.4 Å². The van der Waals surface area contributed by atoms with Crippen molar-refractivity contribution in [1.82, 2.24) is 15.0 Å². The number of carbonyl (C=O) groups is 1. The first kappa shape index (κ1) is 23.4. The van der Waals surface area contributed by atoms with Crippen LogP contribution in [-0.2, 0) is 16.7 Å². The molecule has 4 rings (SSSR count). The summed E-state index contributed by atoms with van der Waals surface area (Å²) in [6, 6.07) is 5.18. The number of thioether (sulfide) groups is 1. The van der Waals surface area contributed by atoms with Crippen LogP contribution < -0.4 is 15.2 Å². The van der Waals surface area contributed by atoms with E-state index in [0.29, 0.717) is 47.2 Å². The molecule has 8 nitrogen and oxygen atoms in total. The van der Waals surface area contributed by atoms with Crippen LogP contribution in [0.3, 0.4) is 0 Å². The molecule has 2 N–H and O–H groups in total. The van der Waals surface area contributed by atoms with Crippen LogP contribution in [0.15, 0.2) is 29.1 Å². The van der Waals surface area contributed by atoms with Gasteiger partial charge in [0.2, 0.25) is 0 Å². The predicted octanol–water partition coefficient (Wildman–Crippen LogP) is 3.76. The first-order valence-corrected chi connectivity index (χ1v) is 11.9. The Bertz CT molecular complexity index is 1210. The Labute approximate surface area is 193 Å². The Kier molecular flexibility index (Phi) is 6.79. The Balaban J connectivity index is 1.42. The summed E-state index contributed by atoms with van der Waals surface area (Å²) in [5.41, 5.74) is -0.833. The number of hydrogen-bond donors (Lipinski definition) is 2. The number of para-hydroxylation sites is 1. The Hall–Kier alpha value is -2.80. The summed E-state index contributed by atoms with van der Waals surface area (Å²) in [4.78, 5) is 36.4. The second kappa shape index (κ2) is 9.59. The van der Waals surface area contributed by atoms with E-state index in [1.165, 1.54) is 29.5 Å². The van der Waals surface area contributed by atoms with Crippen LogP contribution in [0.5, 0.6) is 5.75 Å². The first-order valence-electron chi connectivity index (χ1n) is 9.98. The molecule has 0 unspecified atom stereocenters. The zero-order chi connectivity index (χ0) is 23.6. The van der Waals surface area contributed by atoms with Gasteiger partial charge >= 0.3 is 12.1 Å². The van der Waals surface area contributed by atoms with E-state index in [2.05, 4.69) is 15.0 Å². The standard InChI is InChI=1S/C20H19F3N4O4S2/c21-20(22,23)12-3-1-2-4-13(12)31-11-5-7-27(8-6-11)19-26-17-16(33-19)18(30)25-14(24-17)9-32-10-15(28)29/h1-4,11H,5-10H2,(H,28,29)(H,24,25,30). The number of halogens is 3. The molecule has 0 amide bonds. The van der Waals surface area contributed by atoms with Gasteiger partial charge in [0.25, 0.3) is 5.56 Å². The fourth-order valence-corrected chi connectivity index (χ4v) is 5.01. The number of aliphatic carboxylic acids is 1. The van der Waals surface area contributed by atoms with Gasteiger partial charge in [-0.15, -0.1) is 11.8 Å². The number of anilines is 1. The number of alkyl halides is 3. The van der Waals surface area contributed by atoms with E-state index in [9.17, 15) is 22.8 Å². The molecule has 13 heteroatoms. The van der Waals surface area contributed by atoms with Gasteiger partial charge in [-0.05, 0) is 12.1 Å². The molecule has 176 valence electrons. The lowest BCUT2D eigenvalue weighted by Gasteiger charge is -2.32. The molecule has 3 aromatic rings. The largest absolute Gasteiger partial charge is 0.490 e. The number of nitrogens with zero attached hydrogens (tertiary/aromatic N) is 3. The van der Waals surface area contributed by atoms with E-state index in [1.54, 1.807) is 0 Å². The highest BCUT2D eigenvalue weighted by atomic mass is 32.2. The van der Waals surface area contributed by atoms with Crippen molar-refractivity contribution in [3.63, 3.8) is 0 Å². The van der Waals surface area contributed by atoms with Crippen LogP contribution >= 0.6 is 23.1 Å². The second-order valence-corrected chi connectivity index (χ2v) is 9.31. The lowest BCUT2D eigenvalue weighted by atomic mass is 10.1. The number of fused-ring (bicyclic) bond motifs is 1. The highest BCUT2D eigenvalue weighted by molar-refractivity contribution is 7.99. The number of H-pyrrole nitrogens is 1. The van der Waals surface area contributed by atoms with E-state index in [0.717, 1.165) is 17.8 Å². The zero-order valence-corrected chi connectivity index (χ0v) is 18.7. The molecule has 0 bridgehead atoms. The van der Waals surface area contributed by atoms with Crippen LogP contribution in [0.2, 0.25) is 0 Å². The number of rotatable bonds is 7. The zero-order valence-electron chi connectivity index (χ0n) is 17.1. The topological polar surface area (TPSA) is 108 Å². The minimum absolute atomic E-state index is 0.103. The van der Waals surface area contributed by atoms with Crippen molar-refractivity contribution in [2.24, 2.45) is 0 Å². The van der Waals surface area contributed by atoms with Gasteiger partial charge in [-0.3, -0.25) is 9.59 Å². The Morgan fingerprint density at radius 1 is 1.27 bits per heavy atom. The highest BCUT2D eigenvalue weighted by Crippen LogP contribution is 2.37. The predicted molar refractivity (Wildman–Crippen MR) is 119 cm³/mol. The maximum Gasteiger partial charge on any atom is 0.419 e. The summed E-state index contributed by atoms with van der Waals surface area (Å²) in [6.07, 6.45) is -3.84. The first-order chi connectivity index (χ1) is 15.7. The maximum absolute atomic E-state index is 13.2. The van der Waals surface area contributed by atoms with Gasteiger partial charge in [-0.1, -0.05) is 23.5 Å². The molecule has 0 saturated carbocycles. The fraction of sp³-hybridized carbons (Fsp3) is 0.400. The minimum atomic E-state index is -4.48. The number of carboxylic acid groups (broad SMARTS) is 1. The van der Waals surface area contributed by atoms with Crippen LogP contribution in [0.4, 0.5) is 18.3 Å². The summed E-state index contributed by atoms with van der Waals surface area (Å²) >= 11 is 2.32. The van der Waals surface area contributed by atoms with Crippen LogP contribution in [-0.4, -0.2) is 51.0 Å². The van der Waals surface area contributed by atoms with Crippen molar-refractivity contribution in [3.8, 4) is 5.75 Å². The minimum Gasteiger partial charge on any atom is -0.490 e. The fourth-order valence-electron chi connectivity index (χ4n) is 3.46. The molecular formula is C20H19F3N4O4S2. The van der Waals surface area contributed by atoms with Gasteiger partial charge in [-0.2, -0.15) is 18.2 Å². The van der Waals surface area contributed by atoms with Crippen molar-refractivity contribution < 1.29 is 27.8 Å². The van der Waals surface area contributed by atoms with Crippen molar-refractivity contribution in [2.75, 3.05) is 23.7 Å². The molecule has 1 fully saturated rings.